The average Bonchev–Trinajstić information content (AvgIpc) is 2.29. The zero-order valence-electron chi connectivity index (χ0n) is 11.2. The molecule has 0 saturated carbocycles. The first kappa shape index (κ1) is 15.3. The van der Waals surface area contributed by atoms with E-state index < -0.39 is 11.7 Å². The molecular weight excluding hydrogens is 270 g/mol. The Labute approximate surface area is 116 Å². The molecule has 1 aromatic rings. The van der Waals surface area contributed by atoms with Crippen molar-refractivity contribution in [1.29, 1.82) is 0 Å². The van der Waals surface area contributed by atoms with Crippen molar-refractivity contribution < 1.29 is 19.1 Å². The van der Waals surface area contributed by atoms with Crippen LogP contribution < -0.4 is 10.1 Å². The summed E-state index contributed by atoms with van der Waals surface area (Å²) < 4.78 is 10.1. The molecule has 6 heteroatoms. The number of methoxy groups -OCH3 is 1. The predicted octanol–water partition coefficient (Wildman–Crippen LogP) is 3.51. The van der Waals surface area contributed by atoms with Gasteiger partial charge in [0.05, 0.1) is 18.4 Å². The highest BCUT2D eigenvalue weighted by Crippen LogP contribution is 2.34. The van der Waals surface area contributed by atoms with Crippen molar-refractivity contribution in [3.05, 3.63) is 22.7 Å². The lowest BCUT2D eigenvalue weighted by atomic mass is 10.2. The summed E-state index contributed by atoms with van der Waals surface area (Å²) in [6.07, 6.45) is -0.00239. The molecule has 0 spiro atoms. The molecule has 0 aliphatic heterocycles. The summed E-state index contributed by atoms with van der Waals surface area (Å²) in [7, 11) is 1.39. The third-order valence-corrected chi connectivity index (χ3v) is 2.47. The Morgan fingerprint density at radius 2 is 2.00 bits per heavy atom. The van der Waals surface area contributed by atoms with Crippen LogP contribution in [0.2, 0.25) is 5.02 Å². The van der Waals surface area contributed by atoms with E-state index in [1.54, 1.807) is 20.8 Å². The van der Waals surface area contributed by atoms with Gasteiger partial charge >= 0.3 is 6.09 Å². The number of carbonyl (C=O) groups excluding carboxylic acids is 2. The number of amides is 1. The molecule has 104 valence electrons. The molecule has 1 rings (SSSR count). The van der Waals surface area contributed by atoms with Gasteiger partial charge in [-0.1, -0.05) is 11.6 Å². The molecular formula is C13H16ClNO4. The maximum atomic E-state index is 11.6. The van der Waals surface area contributed by atoms with Gasteiger partial charge in [-0.15, -0.1) is 0 Å². The number of aldehydes is 1. The Bertz CT molecular complexity index is 494. The van der Waals surface area contributed by atoms with Crippen LogP contribution in [-0.4, -0.2) is 25.1 Å². The molecule has 1 N–H and O–H groups in total. The fraction of sp³-hybridized carbons (Fsp3) is 0.385. The monoisotopic (exact) mass is 285 g/mol. The van der Waals surface area contributed by atoms with E-state index in [0.29, 0.717) is 17.5 Å². The topological polar surface area (TPSA) is 64.6 Å². The van der Waals surface area contributed by atoms with Crippen LogP contribution in [0.4, 0.5) is 10.5 Å². The molecule has 0 fully saturated rings. The summed E-state index contributed by atoms with van der Waals surface area (Å²) >= 11 is 6.05. The number of benzene rings is 1. The molecule has 0 unspecified atom stereocenters. The molecule has 1 amide bonds. The zero-order chi connectivity index (χ0) is 14.6. The molecule has 1 aromatic carbocycles. The molecule has 0 aromatic heterocycles. The highest BCUT2D eigenvalue weighted by Gasteiger charge is 2.19. The van der Waals surface area contributed by atoms with E-state index in [1.165, 1.54) is 19.2 Å². The van der Waals surface area contributed by atoms with Crippen molar-refractivity contribution in [3.63, 3.8) is 0 Å². The second-order valence-electron chi connectivity index (χ2n) is 4.79. The van der Waals surface area contributed by atoms with E-state index in [2.05, 4.69) is 5.32 Å². The number of anilines is 1. The van der Waals surface area contributed by atoms with Crippen molar-refractivity contribution >= 4 is 29.7 Å². The van der Waals surface area contributed by atoms with Crippen molar-refractivity contribution in [2.24, 2.45) is 0 Å². The highest BCUT2D eigenvalue weighted by atomic mass is 35.5. The largest absolute Gasteiger partial charge is 0.494 e. The smallest absolute Gasteiger partial charge is 0.412 e. The quantitative estimate of drug-likeness (QED) is 0.863. The van der Waals surface area contributed by atoms with E-state index in [0.717, 1.165) is 0 Å². The number of nitrogens with one attached hydrogen (secondary N) is 1. The predicted molar refractivity (Wildman–Crippen MR) is 73.2 cm³/mol. The molecule has 19 heavy (non-hydrogen) atoms. The van der Waals surface area contributed by atoms with E-state index in [9.17, 15) is 9.59 Å². The maximum absolute atomic E-state index is 11.6. The van der Waals surface area contributed by atoms with Gasteiger partial charge < -0.3 is 9.47 Å². The van der Waals surface area contributed by atoms with Crippen LogP contribution >= 0.6 is 11.6 Å². The second-order valence-corrected chi connectivity index (χ2v) is 5.17. The highest BCUT2D eigenvalue weighted by molar-refractivity contribution is 6.35. The van der Waals surface area contributed by atoms with Crippen LogP contribution in [0.3, 0.4) is 0 Å². The first-order valence-electron chi connectivity index (χ1n) is 5.60. The second kappa shape index (κ2) is 5.93. The van der Waals surface area contributed by atoms with Gasteiger partial charge in [0.25, 0.3) is 0 Å². The van der Waals surface area contributed by atoms with Crippen molar-refractivity contribution in [3.8, 4) is 5.75 Å². The molecule has 0 heterocycles. The van der Waals surface area contributed by atoms with Gasteiger partial charge in [0.1, 0.15) is 16.4 Å². The summed E-state index contributed by atoms with van der Waals surface area (Å²) in [4.78, 5) is 22.4. The Morgan fingerprint density at radius 1 is 1.37 bits per heavy atom. The van der Waals surface area contributed by atoms with Gasteiger partial charge in [0.15, 0.2) is 6.29 Å². The van der Waals surface area contributed by atoms with E-state index in [4.69, 9.17) is 21.1 Å². The van der Waals surface area contributed by atoms with E-state index >= 15 is 0 Å². The normalized spacial score (nSPS) is 10.8. The van der Waals surface area contributed by atoms with Crippen LogP contribution in [0.5, 0.6) is 5.75 Å². The van der Waals surface area contributed by atoms with Crippen molar-refractivity contribution in [1.82, 2.24) is 0 Å². The molecule has 0 bridgehead atoms. The van der Waals surface area contributed by atoms with Gasteiger partial charge in [-0.25, -0.2) is 4.79 Å². The van der Waals surface area contributed by atoms with Gasteiger partial charge in [-0.05, 0) is 32.9 Å². The fourth-order valence-electron chi connectivity index (χ4n) is 1.38. The molecule has 5 nitrogen and oxygen atoms in total. The summed E-state index contributed by atoms with van der Waals surface area (Å²) in [5.41, 5.74) is 0.0178. The third-order valence-electron chi connectivity index (χ3n) is 2.09. The number of rotatable bonds is 3. The van der Waals surface area contributed by atoms with Crippen LogP contribution in [-0.2, 0) is 4.74 Å². The number of hydrogen-bond acceptors (Lipinski definition) is 4. The van der Waals surface area contributed by atoms with Crippen LogP contribution in [0.25, 0.3) is 0 Å². The van der Waals surface area contributed by atoms with E-state index in [1.807, 2.05) is 0 Å². The van der Waals surface area contributed by atoms with Crippen LogP contribution in [0.15, 0.2) is 12.1 Å². The Hall–Kier alpha value is -1.75. The van der Waals surface area contributed by atoms with E-state index in [-0.39, 0.29) is 10.8 Å². The number of carbonyl (C=O) groups is 2. The van der Waals surface area contributed by atoms with Crippen molar-refractivity contribution in [2.45, 2.75) is 26.4 Å². The van der Waals surface area contributed by atoms with Gasteiger partial charge in [-0.2, -0.15) is 0 Å². The minimum Gasteiger partial charge on any atom is -0.494 e. The Balaban J connectivity index is 2.97. The standard InChI is InChI=1S/C13H16ClNO4/c1-13(2,3)19-12(17)15-9-6-5-8(7-16)11(18-4)10(9)14/h5-7H,1-4H3,(H,15,17). The van der Waals surface area contributed by atoms with Crippen molar-refractivity contribution in [2.75, 3.05) is 12.4 Å². The number of halogens is 1. The summed E-state index contributed by atoms with van der Waals surface area (Å²) in [6.45, 7) is 5.26. The molecule has 0 aliphatic rings. The van der Waals surface area contributed by atoms with Gasteiger partial charge in [-0.3, -0.25) is 10.1 Å². The SMILES string of the molecule is COc1c(C=O)ccc(NC(=O)OC(C)(C)C)c1Cl. The molecule has 0 aliphatic carbocycles. The molecule has 0 radical (unpaired) electrons. The maximum Gasteiger partial charge on any atom is 0.412 e. The zero-order valence-corrected chi connectivity index (χ0v) is 12.0. The lowest BCUT2D eigenvalue weighted by Gasteiger charge is -2.20. The van der Waals surface area contributed by atoms with Crippen LogP contribution in [0, 0.1) is 0 Å². The average molecular weight is 286 g/mol. The summed E-state index contributed by atoms with van der Waals surface area (Å²) in [5, 5.41) is 2.65. The lowest BCUT2D eigenvalue weighted by molar-refractivity contribution is 0.0636. The number of ether oxygens (including phenoxy) is 2. The Kier molecular flexibility index (Phi) is 4.78. The summed E-state index contributed by atoms with van der Waals surface area (Å²) in [6, 6.07) is 3.02. The minimum absolute atomic E-state index is 0.151. The minimum atomic E-state index is -0.629. The molecule has 0 saturated heterocycles. The van der Waals surface area contributed by atoms with Crippen LogP contribution in [0.1, 0.15) is 31.1 Å². The lowest BCUT2D eigenvalue weighted by Crippen LogP contribution is -2.27. The fourth-order valence-corrected chi connectivity index (χ4v) is 1.68. The van der Waals surface area contributed by atoms with Gasteiger partial charge in [0.2, 0.25) is 0 Å². The summed E-state index contributed by atoms with van der Waals surface area (Å²) in [5.74, 6) is 0.213. The Morgan fingerprint density at radius 3 is 2.47 bits per heavy atom. The van der Waals surface area contributed by atoms with Gasteiger partial charge in [0, 0.05) is 0 Å². The third kappa shape index (κ3) is 4.13. The number of hydrogen-bond donors (Lipinski definition) is 1. The molecule has 0 atom stereocenters. The first-order valence-corrected chi connectivity index (χ1v) is 5.98. The first-order chi connectivity index (χ1) is 8.78.